The van der Waals surface area contributed by atoms with Crippen LogP contribution in [0.5, 0.6) is 0 Å². The highest BCUT2D eigenvalue weighted by Gasteiger charge is 2.46. The van der Waals surface area contributed by atoms with Crippen LogP contribution in [0.1, 0.15) is 0 Å². The van der Waals surface area contributed by atoms with Crippen molar-refractivity contribution in [3.05, 3.63) is 12.0 Å². The SMILES string of the molecule is N#CC1=COC(C(F)(F)F)O1. The van der Waals surface area contributed by atoms with Crippen LogP contribution in [0.2, 0.25) is 0 Å². The molecule has 1 heterocycles. The van der Waals surface area contributed by atoms with Gasteiger partial charge in [-0.2, -0.15) is 18.4 Å². The van der Waals surface area contributed by atoms with E-state index in [2.05, 4.69) is 9.47 Å². The molecular weight excluding hydrogens is 163 g/mol. The molecule has 0 fully saturated rings. The lowest BCUT2D eigenvalue weighted by molar-refractivity contribution is -0.267. The molecule has 3 nitrogen and oxygen atoms in total. The number of rotatable bonds is 0. The van der Waals surface area contributed by atoms with Gasteiger partial charge in [0, 0.05) is 0 Å². The largest absolute Gasteiger partial charge is 0.464 e. The number of hydrogen-bond donors (Lipinski definition) is 0. The van der Waals surface area contributed by atoms with Crippen molar-refractivity contribution < 1.29 is 22.6 Å². The van der Waals surface area contributed by atoms with Crippen molar-refractivity contribution in [2.45, 2.75) is 12.5 Å². The van der Waals surface area contributed by atoms with E-state index in [1.165, 1.54) is 6.07 Å². The van der Waals surface area contributed by atoms with Gasteiger partial charge in [0.15, 0.2) is 0 Å². The Morgan fingerprint density at radius 3 is 2.45 bits per heavy atom. The monoisotopic (exact) mass is 165 g/mol. The highest BCUT2D eigenvalue weighted by atomic mass is 19.4. The van der Waals surface area contributed by atoms with Gasteiger partial charge in [-0.15, -0.1) is 0 Å². The third-order valence-corrected chi connectivity index (χ3v) is 0.910. The fraction of sp³-hybridized carbons (Fsp3) is 0.400. The van der Waals surface area contributed by atoms with Crippen LogP contribution in [0.15, 0.2) is 12.0 Å². The molecule has 1 atom stereocenters. The Bertz CT molecular complexity index is 227. The average Bonchev–Trinajstić information content (AvgIpc) is 2.32. The summed E-state index contributed by atoms with van der Waals surface area (Å²) in [6.07, 6.45) is -6.27. The molecule has 1 aliphatic rings. The minimum atomic E-state index is -4.59. The molecule has 60 valence electrons. The predicted octanol–water partition coefficient (Wildman–Crippen LogP) is 1.29. The molecule has 0 aliphatic carbocycles. The third-order valence-electron chi connectivity index (χ3n) is 0.910. The first-order chi connectivity index (χ1) is 5.04. The van der Waals surface area contributed by atoms with Crippen LogP contribution in [0.3, 0.4) is 0 Å². The van der Waals surface area contributed by atoms with Crippen LogP contribution in [-0.2, 0) is 9.47 Å². The van der Waals surface area contributed by atoms with Crippen molar-refractivity contribution in [1.29, 1.82) is 5.26 Å². The van der Waals surface area contributed by atoms with Gasteiger partial charge < -0.3 is 9.47 Å². The van der Waals surface area contributed by atoms with E-state index >= 15 is 0 Å². The van der Waals surface area contributed by atoms with Gasteiger partial charge in [-0.1, -0.05) is 0 Å². The molecule has 0 amide bonds. The molecule has 0 saturated carbocycles. The summed E-state index contributed by atoms with van der Waals surface area (Å²) in [5.41, 5.74) is 0. The lowest BCUT2D eigenvalue weighted by Crippen LogP contribution is -2.29. The van der Waals surface area contributed by atoms with Crippen LogP contribution < -0.4 is 0 Å². The molecule has 0 bridgehead atoms. The van der Waals surface area contributed by atoms with Crippen molar-refractivity contribution in [1.82, 2.24) is 0 Å². The number of hydrogen-bond acceptors (Lipinski definition) is 3. The van der Waals surface area contributed by atoms with Crippen molar-refractivity contribution >= 4 is 0 Å². The Morgan fingerprint density at radius 2 is 2.18 bits per heavy atom. The quantitative estimate of drug-likeness (QED) is 0.543. The van der Waals surface area contributed by atoms with Crippen molar-refractivity contribution in [3.8, 4) is 6.07 Å². The molecule has 0 aromatic heterocycles. The van der Waals surface area contributed by atoms with Crippen LogP contribution in [0.25, 0.3) is 0 Å². The number of allylic oxidation sites excluding steroid dienone is 1. The summed E-state index contributed by atoms with van der Waals surface area (Å²) in [6.45, 7) is 0. The summed E-state index contributed by atoms with van der Waals surface area (Å²) in [4.78, 5) is 0. The lowest BCUT2D eigenvalue weighted by Gasteiger charge is -2.12. The molecule has 0 N–H and O–H groups in total. The summed E-state index contributed by atoms with van der Waals surface area (Å²) >= 11 is 0. The minimum absolute atomic E-state index is 0.465. The second kappa shape index (κ2) is 2.34. The first-order valence-electron chi connectivity index (χ1n) is 2.53. The zero-order chi connectivity index (χ0) is 8.48. The van der Waals surface area contributed by atoms with Gasteiger partial charge >= 0.3 is 12.5 Å². The topological polar surface area (TPSA) is 42.2 Å². The Kier molecular flexibility index (Phi) is 1.64. The second-order valence-electron chi connectivity index (χ2n) is 1.72. The van der Waals surface area contributed by atoms with E-state index in [0.717, 1.165) is 0 Å². The number of ether oxygens (including phenoxy) is 2. The molecule has 0 saturated heterocycles. The van der Waals surface area contributed by atoms with Crippen LogP contribution in [0.4, 0.5) is 13.2 Å². The van der Waals surface area contributed by atoms with Gasteiger partial charge in [0.05, 0.1) is 0 Å². The first kappa shape index (κ1) is 7.72. The van der Waals surface area contributed by atoms with E-state index in [9.17, 15) is 13.2 Å². The number of nitrogens with zero attached hydrogens (tertiary/aromatic N) is 1. The first-order valence-corrected chi connectivity index (χ1v) is 2.53. The Labute approximate surface area is 59.6 Å². The van der Waals surface area contributed by atoms with Crippen molar-refractivity contribution in [3.63, 3.8) is 0 Å². The highest BCUT2D eigenvalue weighted by Crippen LogP contribution is 2.29. The molecule has 1 rings (SSSR count). The van der Waals surface area contributed by atoms with Gasteiger partial charge in [-0.25, -0.2) is 0 Å². The molecule has 0 aromatic rings. The molecule has 0 aromatic carbocycles. The smallest absolute Gasteiger partial charge is 0.450 e. The van der Waals surface area contributed by atoms with Gasteiger partial charge in [-0.05, 0) is 0 Å². The van der Waals surface area contributed by atoms with E-state index < -0.39 is 18.2 Å². The molecule has 1 aliphatic heterocycles. The van der Waals surface area contributed by atoms with Crippen LogP contribution in [-0.4, -0.2) is 12.5 Å². The normalized spacial score (nSPS) is 23.1. The third kappa shape index (κ3) is 1.55. The van der Waals surface area contributed by atoms with Crippen molar-refractivity contribution in [2.24, 2.45) is 0 Å². The van der Waals surface area contributed by atoms with Crippen LogP contribution >= 0.6 is 0 Å². The maximum atomic E-state index is 11.7. The molecule has 0 radical (unpaired) electrons. The fourth-order valence-electron chi connectivity index (χ4n) is 0.491. The average molecular weight is 165 g/mol. The number of nitriles is 1. The molecule has 1 unspecified atom stereocenters. The number of alkyl halides is 3. The summed E-state index contributed by atoms with van der Waals surface area (Å²) < 4.78 is 43.0. The Balaban J connectivity index is 2.56. The van der Waals surface area contributed by atoms with E-state index in [4.69, 9.17) is 5.26 Å². The molecule has 0 spiro atoms. The Morgan fingerprint density at radius 1 is 1.55 bits per heavy atom. The maximum Gasteiger partial charge on any atom is 0.464 e. The summed E-state index contributed by atoms with van der Waals surface area (Å²) in [6, 6.07) is 1.38. The zero-order valence-corrected chi connectivity index (χ0v) is 5.05. The van der Waals surface area contributed by atoms with Crippen LogP contribution in [0, 0.1) is 11.3 Å². The standard InChI is InChI=1S/C5H2F3NO2/c6-5(7,8)4-10-2-3(1-9)11-4/h2,4H. The van der Waals surface area contributed by atoms with Gasteiger partial charge in [0.2, 0.25) is 5.76 Å². The second-order valence-corrected chi connectivity index (χ2v) is 1.72. The lowest BCUT2D eigenvalue weighted by atomic mass is 10.6. The zero-order valence-electron chi connectivity index (χ0n) is 5.05. The summed E-state index contributed by atoms with van der Waals surface area (Å²) in [5, 5.41) is 8.06. The fourth-order valence-corrected chi connectivity index (χ4v) is 0.491. The highest BCUT2D eigenvalue weighted by molar-refractivity contribution is 5.13. The maximum absolute atomic E-state index is 11.7. The number of halogens is 3. The molecule has 11 heavy (non-hydrogen) atoms. The van der Waals surface area contributed by atoms with Gasteiger partial charge in [-0.3, -0.25) is 0 Å². The minimum Gasteiger partial charge on any atom is -0.450 e. The van der Waals surface area contributed by atoms with E-state index in [-0.39, 0.29) is 0 Å². The molecular formula is C5H2F3NO2. The van der Waals surface area contributed by atoms with E-state index in [1.807, 2.05) is 0 Å². The van der Waals surface area contributed by atoms with Gasteiger partial charge in [0.1, 0.15) is 12.3 Å². The Hall–Kier alpha value is -1.38. The van der Waals surface area contributed by atoms with Gasteiger partial charge in [0.25, 0.3) is 0 Å². The molecule has 6 heteroatoms. The summed E-state index contributed by atoms with van der Waals surface area (Å²) in [7, 11) is 0. The van der Waals surface area contributed by atoms with Crippen molar-refractivity contribution in [2.75, 3.05) is 0 Å². The predicted molar refractivity (Wildman–Crippen MR) is 25.7 cm³/mol. The van der Waals surface area contributed by atoms with E-state index in [0.29, 0.717) is 6.26 Å². The van der Waals surface area contributed by atoms with E-state index in [1.54, 1.807) is 0 Å². The summed E-state index contributed by atoms with van der Waals surface area (Å²) in [5.74, 6) is -0.465.